The number of hydrogen-bond acceptors (Lipinski definition) is 6. The molecule has 7 nitrogen and oxygen atoms in total. The Morgan fingerprint density at radius 2 is 1.77 bits per heavy atom. The second-order valence-electron chi connectivity index (χ2n) is 7.27. The highest BCUT2D eigenvalue weighted by atomic mass is 16.5. The van der Waals surface area contributed by atoms with E-state index in [-0.39, 0.29) is 17.9 Å². The maximum absolute atomic E-state index is 13.0. The van der Waals surface area contributed by atoms with Crippen molar-refractivity contribution in [1.29, 1.82) is 0 Å². The van der Waals surface area contributed by atoms with E-state index in [2.05, 4.69) is 0 Å². The molecule has 2 unspecified atom stereocenters. The lowest BCUT2D eigenvalue weighted by Crippen LogP contribution is -2.35. The fourth-order valence-electron chi connectivity index (χ4n) is 3.60. The zero-order valence-corrected chi connectivity index (χ0v) is 17.4. The topological polar surface area (TPSA) is 96.3 Å². The largest absolute Gasteiger partial charge is 0.507 e. The molecule has 0 aromatic heterocycles. The number of benzene rings is 2. The van der Waals surface area contributed by atoms with E-state index in [1.165, 1.54) is 26.0 Å². The Hall–Kier alpha value is -3.32. The number of aliphatic hydroxyl groups is 2. The van der Waals surface area contributed by atoms with Gasteiger partial charge in [-0.05, 0) is 32.0 Å². The minimum absolute atomic E-state index is 0.0592. The van der Waals surface area contributed by atoms with E-state index in [0.717, 1.165) is 5.56 Å². The molecule has 1 aliphatic heterocycles. The van der Waals surface area contributed by atoms with Gasteiger partial charge in [0.25, 0.3) is 11.7 Å². The lowest BCUT2D eigenvalue weighted by molar-refractivity contribution is -0.140. The molecule has 1 heterocycles. The van der Waals surface area contributed by atoms with Crippen LogP contribution in [0.3, 0.4) is 0 Å². The molecule has 1 saturated heterocycles. The van der Waals surface area contributed by atoms with Gasteiger partial charge in [-0.3, -0.25) is 9.59 Å². The van der Waals surface area contributed by atoms with Crippen molar-refractivity contribution in [1.82, 2.24) is 4.90 Å². The Kier molecular flexibility index (Phi) is 6.12. The van der Waals surface area contributed by atoms with Gasteiger partial charge in [0, 0.05) is 17.7 Å². The number of amides is 1. The Morgan fingerprint density at radius 3 is 2.33 bits per heavy atom. The molecule has 2 N–H and O–H groups in total. The predicted octanol–water partition coefficient (Wildman–Crippen LogP) is 2.81. The summed E-state index contributed by atoms with van der Waals surface area (Å²) in [6, 6.07) is 11.1. The predicted molar refractivity (Wildman–Crippen MR) is 111 cm³/mol. The zero-order chi connectivity index (χ0) is 22.0. The van der Waals surface area contributed by atoms with Crippen molar-refractivity contribution in [3.63, 3.8) is 0 Å². The van der Waals surface area contributed by atoms with Gasteiger partial charge in [-0.2, -0.15) is 0 Å². The lowest BCUT2D eigenvalue weighted by atomic mass is 9.94. The van der Waals surface area contributed by atoms with Crippen LogP contribution >= 0.6 is 0 Å². The van der Waals surface area contributed by atoms with Crippen molar-refractivity contribution < 1.29 is 29.3 Å². The number of carbonyl (C=O) groups is 2. The van der Waals surface area contributed by atoms with Crippen LogP contribution < -0.4 is 9.47 Å². The zero-order valence-electron chi connectivity index (χ0n) is 17.4. The molecule has 1 aliphatic rings. The lowest BCUT2D eigenvalue weighted by Gasteiger charge is -2.27. The molecule has 0 bridgehead atoms. The van der Waals surface area contributed by atoms with Gasteiger partial charge in [0.15, 0.2) is 0 Å². The van der Waals surface area contributed by atoms with E-state index in [9.17, 15) is 19.8 Å². The van der Waals surface area contributed by atoms with Gasteiger partial charge >= 0.3 is 0 Å². The minimum Gasteiger partial charge on any atom is -0.507 e. The van der Waals surface area contributed by atoms with Crippen LogP contribution in [0, 0.1) is 6.92 Å². The molecule has 0 radical (unpaired) electrons. The van der Waals surface area contributed by atoms with Crippen molar-refractivity contribution in [3.05, 3.63) is 64.7 Å². The van der Waals surface area contributed by atoms with Gasteiger partial charge in [0.1, 0.15) is 17.3 Å². The second-order valence-corrected chi connectivity index (χ2v) is 7.27. The Bertz CT molecular complexity index is 993. The molecule has 3 rings (SSSR count). The van der Waals surface area contributed by atoms with Crippen LogP contribution in [0.5, 0.6) is 11.5 Å². The normalized spacial score (nSPS) is 19.1. The quantitative estimate of drug-likeness (QED) is 0.431. The Labute approximate surface area is 175 Å². The highest BCUT2D eigenvalue weighted by Gasteiger charge is 2.47. The number of nitrogens with zero attached hydrogens (tertiary/aromatic N) is 1. The molecule has 2 atom stereocenters. The first-order valence-corrected chi connectivity index (χ1v) is 9.54. The van der Waals surface area contributed by atoms with Crippen LogP contribution in [-0.4, -0.2) is 53.7 Å². The third-order valence-corrected chi connectivity index (χ3v) is 5.06. The third-order valence-electron chi connectivity index (χ3n) is 5.06. The van der Waals surface area contributed by atoms with Crippen LogP contribution in [-0.2, 0) is 9.59 Å². The summed E-state index contributed by atoms with van der Waals surface area (Å²) >= 11 is 0. The molecule has 0 aliphatic carbocycles. The number of methoxy groups -OCH3 is 2. The van der Waals surface area contributed by atoms with Gasteiger partial charge in [0.05, 0.1) is 31.9 Å². The maximum atomic E-state index is 13.0. The summed E-state index contributed by atoms with van der Waals surface area (Å²) in [4.78, 5) is 27.0. The summed E-state index contributed by atoms with van der Waals surface area (Å²) in [5.74, 6) is -0.962. The first-order valence-electron chi connectivity index (χ1n) is 9.54. The van der Waals surface area contributed by atoms with E-state index >= 15 is 0 Å². The molecule has 2 aromatic rings. The molecule has 0 spiro atoms. The molecule has 1 amide bonds. The molecule has 30 heavy (non-hydrogen) atoms. The van der Waals surface area contributed by atoms with Gasteiger partial charge in [-0.25, -0.2) is 0 Å². The third kappa shape index (κ3) is 3.89. The Morgan fingerprint density at radius 1 is 1.10 bits per heavy atom. The summed E-state index contributed by atoms with van der Waals surface area (Å²) in [6.45, 7) is 3.35. The number of ether oxygens (including phenoxy) is 2. The molecular weight excluding hydrogens is 386 g/mol. The molecular formula is C23H25NO6. The standard InChI is InChI=1S/C23H25NO6/c1-13-5-7-15(8-6-13)21(26)19-20(24(12-14(2)25)23(28)22(19)27)17-11-16(29-3)9-10-18(17)30-4/h5-11,14,20,25-26H,12H2,1-4H3. The molecule has 2 aromatic carbocycles. The van der Waals surface area contributed by atoms with Crippen molar-refractivity contribution >= 4 is 17.4 Å². The summed E-state index contributed by atoms with van der Waals surface area (Å²) < 4.78 is 10.8. The summed E-state index contributed by atoms with van der Waals surface area (Å²) in [7, 11) is 2.98. The number of likely N-dealkylation sites (tertiary alicyclic amines) is 1. The van der Waals surface area contributed by atoms with Crippen LogP contribution in [0.4, 0.5) is 0 Å². The van der Waals surface area contributed by atoms with Crippen LogP contribution in [0.1, 0.15) is 29.7 Å². The smallest absolute Gasteiger partial charge is 0.295 e. The number of aryl methyl sites for hydroxylation is 1. The average Bonchev–Trinajstić information content (AvgIpc) is 2.97. The van der Waals surface area contributed by atoms with Gasteiger partial charge < -0.3 is 24.6 Å². The number of carbonyl (C=O) groups excluding carboxylic acids is 2. The second kappa shape index (κ2) is 8.59. The van der Waals surface area contributed by atoms with Gasteiger partial charge in [-0.15, -0.1) is 0 Å². The number of β-amino-alcohol motifs (C(OH)–C–C–N with tert-alkyl or cyclic N) is 1. The van der Waals surface area contributed by atoms with Gasteiger partial charge in [-0.1, -0.05) is 29.8 Å². The van der Waals surface area contributed by atoms with Crippen molar-refractivity contribution in [3.8, 4) is 11.5 Å². The van der Waals surface area contributed by atoms with Crippen LogP contribution in [0.25, 0.3) is 5.76 Å². The fraction of sp³-hybridized carbons (Fsp3) is 0.304. The number of Topliss-reactive ketones (excluding diaryl/α,β-unsaturated/α-hetero) is 1. The molecule has 1 fully saturated rings. The number of ketones is 1. The van der Waals surface area contributed by atoms with E-state index in [1.807, 2.05) is 19.1 Å². The SMILES string of the molecule is COc1ccc(OC)c(C2C(=C(O)c3ccc(C)cc3)C(=O)C(=O)N2CC(C)O)c1. The summed E-state index contributed by atoms with van der Waals surface area (Å²) in [5, 5.41) is 21.0. The fourth-order valence-corrected chi connectivity index (χ4v) is 3.60. The average molecular weight is 411 g/mol. The Balaban J connectivity index is 2.27. The van der Waals surface area contributed by atoms with E-state index in [4.69, 9.17) is 9.47 Å². The summed E-state index contributed by atoms with van der Waals surface area (Å²) in [5.41, 5.74) is 1.83. The summed E-state index contributed by atoms with van der Waals surface area (Å²) in [6.07, 6.45) is -0.873. The highest BCUT2D eigenvalue weighted by Crippen LogP contribution is 2.43. The van der Waals surface area contributed by atoms with Crippen molar-refractivity contribution in [2.45, 2.75) is 26.0 Å². The molecule has 158 valence electrons. The van der Waals surface area contributed by atoms with Crippen molar-refractivity contribution in [2.24, 2.45) is 0 Å². The monoisotopic (exact) mass is 411 g/mol. The molecule has 0 saturated carbocycles. The van der Waals surface area contributed by atoms with Crippen molar-refractivity contribution in [2.75, 3.05) is 20.8 Å². The first-order chi connectivity index (χ1) is 14.3. The first kappa shape index (κ1) is 21.4. The van der Waals surface area contributed by atoms with Crippen LogP contribution in [0.15, 0.2) is 48.0 Å². The number of rotatable bonds is 6. The van der Waals surface area contributed by atoms with E-state index in [0.29, 0.717) is 22.6 Å². The van der Waals surface area contributed by atoms with E-state index < -0.39 is 23.8 Å². The number of aliphatic hydroxyl groups excluding tert-OH is 2. The maximum Gasteiger partial charge on any atom is 0.295 e. The molecule has 7 heteroatoms. The number of hydrogen-bond donors (Lipinski definition) is 2. The van der Waals surface area contributed by atoms with Crippen LogP contribution in [0.2, 0.25) is 0 Å². The van der Waals surface area contributed by atoms with E-state index in [1.54, 1.807) is 30.3 Å². The van der Waals surface area contributed by atoms with Gasteiger partial charge in [0.2, 0.25) is 0 Å². The minimum atomic E-state index is -0.939. The highest BCUT2D eigenvalue weighted by molar-refractivity contribution is 6.46.